The largest absolute Gasteiger partial charge is 0.743 e. The third-order valence-electron chi connectivity index (χ3n) is 2.34. The minimum Gasteiger partial charge on any atom is -0.743 e. The van der Waals surface area contributed by atoms with E-state index in [1.54, 1.807) is 24.3 Å². The molecule has 0 aliphatic carbocycles. The average molecular weight is 218 g/mol. The summed E-state index contributed by atoms with van der Waals surface area (Å²) >= 11 is 0. The quantitative estimate of drug-likeness (QED) is 0.579. The molecule has 0 unspecified atom stereocenters. The molecule has 4 N–H and O–H groups in total. The van der Waals surface area contributed by atoms with Crippen LogP contribution in [0.4, 0.5) is 11.4 Å². The van der Waals surface area contributed by atoms with Gasteiger partial charge in [0.25, 0.3) is 0 Å². The van der Waals surface area contributed by atoms with Crippen LogP contribution in [0.15, 0.2) is 36.4 Å². The third-order valence-corrected chi connectivity index (χ3v) is 2.34. The van der Waals surface area contributed by atoms with Crippen molar-refractivity contribution in [2.45, 2.75) is 0 Å². The van der Waals surface area contributed by atoms with E-state index in [-0.39, 0.29) is 21.7 Å². The number of hydrogen-bond donors (Lipinski definition) is 2. The molecule has 0 atom stereocenters. The van der Waals surface area contributed by atoms with Crippen molar-refractivity contribution in [2.24, 2.45) is 11.7 Å². The van der Waals surface area contributed by atoms with Crippen LogP contribution in [0.1, 0.15) is 0 Å². The number of fused-ring (bicyclic) bond motifs is 1. The lowest BCUT2D eigenvalue weighted by Crippen LogP contribution is -2.26. The van der Waals surface area contributed by atoms with Crippen LogP contribution in [0.3, 0.4) is 0 Å². The highest BCUT2D eigenvalue weighted by Crippen LogP contribution is 2.32. The SMILES string of the molecule is NN([O-])c1cccc2cccc(N(N)[O-])c12. The Bertz CT molecular complexity index is 470. The normalized spacial score (nSPS) is 10.5. The second kappa shape index (κ2) is 3.95. The van der Waals surface area contributed by atoms with Crippen LogP contribution in [0, 0.1) is 10.4 Å². The van der Waals surface area contributed by atoms with Crippen LogP contribution in [-0.2, 0) is 0 Å². The highest BCUT2D eigenvalue weighted by molar-refractivity contribution is 6.03. The molecular formula is C10H10N4O2-2. The number of hydrogen-bond acceptors (Lipinski definition) is 6. The summed E-state index contributed by atoms with van der Waals surface area (Å²) in [5.74, 6) is 10.3. The molecule has 0 aliphatic heterocycles. The molecule has 84 valence electrons. The van der Waals surface area contributed by atoms with Gasteiger partial charge in [-0.15, -0.1) is 0 Å². The summed E-state index contributed by atoms with van der Waals surface area (Å²) in [5.41, 5.74) is 0.416. The van der Waals surface area contributed by atoms with E-state index in [1.807, 2.05) is 0 Å². The van der Waals surface area contributed by atoms with Crippen molar-refractivity contribution in [3.63, 3.8) is 0 Å². The molecule has 0 aliphatic rings. The van der Waals surface area contributed by atoms with Crippen LogP contribution in [0.25, 0.3) is 10.8 Å². The van der Waals surface area contributed by atoms with Crippen molar-refractivity contribution in [3.8, 4) is 0 Å². The molecule has 0 spiro atoms. The molecule has 2 aromatic rings. The Hall–Kier alpha value is -1.86. The van der Waals surface area contributed by atoms with Gasteiger partial charge in [0.1, 0.15) is 0 Å². The molecule has 0 aromatic heterocycles. The smallest absolute Gasteiger partial charge is 0.0503 e. The van der Waals surface area contributed by atoms with E-state index in [0.29, 0.717) is 5.39 Å². The highest BCUT2D eigenvalue weighted by Gasteiger charge is 2.06. The minimum absolute atomic E-state index is 0.208. The van der Waals surface area contributed by atoms with Gasteiger partial charge in [0.15, 0.2) is 0 Å². The number of benzene rings is 2. The zero-order valence-corrected chi connectivity index (χ0v) is 8.33. The number of nitrogens with zero attached hydrogens (tertiary/aromatic N) is 2. The van der Waals surface area contributed by atoms with Crippen molar-refractivity contribution in [2.75, 3.05) is 10.3 Å². The first-order chi connectivity index (χ1) is 7.61. The zero-order chi connectivity index (χ0) is 11.7. The molecule has 0 fully saturated rings. The Morgan fingerprint density at radius 1 is 0.812 bits per heavy atom. The van der Waals surface area contributed by atoms with E-state index in [2.05, 4.69) is 0 Å². The summed E-state index contributed by atoms with van der Waals surface area (Å²) in [6.07, 6.45) is 0. The van der Waals surface area contributed by atoms with Crippen LogP contribution < -0.4 is 22.0 Å². The number of rotatable bonds is 2. The Morgan fingerprint density at radius 2 is 1.25 bits per heavy atom. The van der Waals surface area contributed by atoms with Crippen LogP contribution in [0.2, 0.25) is 0 Å². The first-order valence-electron chi connectivity index (χ1n) is 4.57. The van der Waals surface area contributed by atoms with Gasteiger partial charge in [-0.05, 0) is 17.5 Å². The maximum Gasteiger partial charge on any atom is 0.0503 e. The Balaban J connectivity index is 2.82. The number of anilines is 2. The van der Waals surface area contributed by atoms with Gasteiger partial charge in [-0.3, -0.25) is 11.7 Å². The molecule has 2 aromatic carbocycles. The van der Waals surface area contributed by atoms with Gasteiger partial charge in [0.2, 0.25) is 0 Å². The van der Waals surface area contributed by atoms with E-state index in [0.717, 1.165) is 5.39 Å². The van der Waals surface area contributed by atoms with Crippen molar-refractivity contribution in [1.29, 1.82) is 0 Å². The van der Waals surface area contributed by atoms with E-state index in [1.165, 1.54) is 12.1 Å². The molecule has 0 bridgehead atoms. The first kappa shape index (κ1) is 10.7. The molecule has 0 saturated heterocycles. The summed E-state index contributed by atoms with van der Waals surface area (Å²) in [4.78, 5) is 0. The van der Waals surface area contributed by atoms with Gasteiger partial charge >= 0.3 is 0 Å². The van der Waals surface area contributed by atoms with E-state index < -0.39 is 0 Å². The van der Waals surface area contributed by atoms with Gasteiger partial charge in [0, 0.05) is 5.39 Å². The lowest BCUT2D eigenvalue weighted by atomic mass is 10.1. The lowest BCUT2D eigenvalue weighted by Gasteiger charge is -2.30. The average Bonchev–Trinajstić information content (AvgIpc) is 2.27. The van der Waals surface area contributed by atoms with Gasteiger partial charge in [-0.25, -0.2) is 0 Å². The topological polar surface area (TPSA) is 105 Å². The van der Waals surface area contributed by atoms with Crippen LogP contribution in [0.5, 0.6) is 0 Å². The molecule has 0 saturated carbocycles. The fraction of sp³-hybridized carbons (Fsp3) is 0. The maximum absolute atomic E-state index is 11.2. The van der Waals surface area contributed by atoms with Gasteiger partial charge in [-0.2, -0.15) is 0 Å². The van der Waals surface area contributed by atoms with Gasteiger partial charge in [-0.1, -0.05) is 24.3 Å². The van der Waals surface area contributed by atoms with Gasteiger partial charge < -0.3 is 20.8 Å². The number of hydrazine groups is 2. The van der Waals surface area contributed by atoms with Crippen molar-refractivity contribution >= 4 is 22.1 Å². The fourth-order valence-corrected chi connectivity index (χ4v) is 1.67. The Kier molecular flexibility index (Phi) is 2.63. The first-order valence-corrected chi connectivity index (χ1v) is 4.57. The molecule has 2 rings (SSSR count). The highest BCUT2D eigenvalue weighted by atomic mass is 16.5. The minimum atomic E-state index is 0.208. The predicted molar refractivity (Wildman–Crippen MR) is 64.0 cm³/mol. The maximum atomic E-state index is 11.2. The molecule has 0 heterocycles. The molecule has 6 heteroatoms. The fourth-order valence-electron chi connectivity index (χ4n) is 1.67. The Labute approximate surface area is 91.7 Å². The van der Waals surface area contributed by atoms with E-state index in [4.69, 9.17) is 11.7 Å². The van der Waals surface area contributed by atoms with Crippen molar-refractivity contribution < 1.29 is 0 Å². The Morgan fingerprint density at radius 3 is 1.62 bits per heavy atom. The van der Waals surface area contributed by atoms with Crippen molar-refractivity contribution in [3.05, 3.63) is 46.8 Å². The third kappa shape index (κ3) is 1.66. The van der Waals surface area contributed by atoms with Crippen LogP contribution in [-0.4, -0.2) is 0 Å². The molecule has 0 amide bonds. The second-order valence-electron chi connectivity index (χ2n) is 3.30. The lowest BCUT2D eigenvalue weighted by molar-refractivity contribution is 1.08. The summed E-state index contributed by atoms with van der Waals surface area (Å²) in [5, 5.41) is 23.9. The predicted octanol–water partition coefficient (Wildman–Crippen LogP) is 1.20. The van der Waals surface area contributed by atoms with E-state index in [9.17, 15) is 10.4 Å². The summed E-state index contributed by atoms with van der Waals surface area (Å²) < 4.78 is 0. The molecular weight excluding hydrogens is 208 g/mol. The number of nitrogens with two attached hydrogens (primary N) is 2. The molecule has 0 radical (unpaired) electrons. The summed E-state index contributed by atoms with van der Waals surface area (Å²) in [6.45, 7) is 0. The standard InChI is InChI=1S/C10H10N4O2/c11-13(15)8-5-1-3-7-4-2-6-9(10(7)8)14(12)16/h1-6H,11-12H2/q-2. The second-order valence-corrected chi connectivity index (χ2v) is 3.30. The summed E-state index contributed by atoms with van der Waals surface area (Å²) in [7, 11) is 0. The zero-order valence-electron chi connectivity index (χ0n) is 8.33. The molecule has 16 heavy (non-hydrogen) atoms. The monoisotopic (exact) mass is 218 g/mol. The molecule has 6 nitrogen and oxygen atoms in total. The summed E-state index contributed by atoms with van der Waals surface area (Å²) in [6, 6.07) is 9.98. The van der Waals surface area contributed by atoms with E-state index >= 15 is 0 Å². The van der Waals surface area contributed by atoms with Gasteiger partial charge in [0.05, 0.1) is 11.4 Å². The van der Waals surface area contributed by atoms with Crippen LogP contribution >= 0.6 is 0 Å². The van der Waals surface area contributed by atoms with Crippen molar-refractivity contribution in [1.82, 2.24) is 0 Å².